The summed E-state index contributed by atoms with van der Waals surface area (Å²) in [7, 11) is 1.51. The van der Waals surface area contributed by atoms with Crippen molar-refractivity contribution in [1.29, 1.82) is 0 Å². The zero-order valence-electron chi connectivity index (χ0n) is 13.5. The van der Waals surface area contributed by atoms with Gasteiger partial charge in [-0.2, -0.15) is 0 Å². The van der Waals surface area contributed by atoms with Gasteiger partial charge in [-0.05, 0) is 24.1 Å². The number of hydrogen-bond donors (Lipinski definition) is 1. The Bertz CT molecular complexity index is 764. The number of carbonyl (C=O) groups excluding carboxylic acids is 1. The average Bonchev–Trinajstić information content (AvgIpc) is 2.54. The summed E-state index contributed by atoms with van der Waals surface area (Å²) in [6, 6.07) is 10.6. The smallest absolute Gasteiger partial charge is 0.292 e. The number of halogens is 1. The molecule has 1 amide bonds. The van der Waals surface area contributed by atoms with E-state index < -0.39 is 10.7 Å². The molecule has 24 heavy (non-hydrogen) atoms. The molecule has 7 heteroatoms. The third kappa shape index (κ3) is 4.07. The van der Waals surface area contributed by atoms with Gasteiger partial charge in [0.25, 0.3) is 5.69 Å². The van der Waals surface area contributed by atoms with Crippen molar-refractivity contribution in [3.8, 4) is 0 Å². The Labute approximate surface area is 139 Å². The monoisotopic (exact) mass is 331 g/mol. The topological polar surface area (TPSA) is 75.5 Å². The van der Waals surface area contributed by atoms with Gasteiger partial charge in [-0.15, -0.1) is 0 Å². The molecule has 0 unspecified atom stereocenters. The maximum absolute atomic E-state index is 13.4. The number of rotatable bonds is 6. The van der Waals surface area contributed by atoms with Gasteiger partial charge in [-0.25, -0.2) is 4.39 Å². The highest BCUT2D eigenvalue weighted by Gasteiger charge is 2.19. The molecule has 0 radical (unpaired) electrons. The summed E-state index contributed by atoms with van der Waals surface area (Å²) >= 11 is 0. The number of para-hydroxylation sites is 1. The Morgan fingerprint density at radius 3 is 2.67 bits per heavy atom. The van der Waals surface area contributed by atoms with Gasteiger partial charge in [0.1, 0.15) is 11.5 Å². The number of hydrogen-bond acceptors (Lipinski definition) is 4. The van der Waals surface area contributed by atoms with E-state index in [0.29, 0.717) is 5.69 Å². The maximum atomic E-state index is 13.4. The van der Waals surface area contributed by atoms with Crippen molar-refractivity contribution in [2.75, 3.05) is 23.8 Å². The van der Waals surface area contributed by atoms with Crippen molar-refractivity contribution in [2.45, 2.75) is 13.3 Å². The molecule has 2 rings (SSSR count). The lowest BCUT2D eigenvalue weighted by Crippen LogP contribution is -2.30. The Balaban J connectivity index is 2.15. The van der Waals surface area contributed by atoms with Crippen LogP contribution in [0.15, 0.2) is 42.5 Å². The second kappa shape index (κ2) is 7.54. The molecule has 0 spiro atoms. The lowest BCUT2D eigenvalue weighted by atomic mass is 10.1. The Kier molecular flexibility index (Phi) is 5.47. The van der Waals surface area contributed by atoms with Crippen LogP contribution in [-0.2, 0) is 11.2 Å². The summed E-state index contributed by atoms with van der Waals surface area (Å²) in [6.07, 6.45) is 0.766. The minimum Gasteiger partial charge on any atom is -0.360 e. The number of carbonyl (C=O) groups is 1. The lowest BCUT2D eigenvalue weighted by molar-refractivity contribution is -0.384. The first-order valence-electron chi connectivity index (χ1n) is 7.45. The molecule has 0 saturated carbocycles. The first-order chi connectivity index (χ1) is 11.4. The van der Waals surface area contributed by atoms with Gasteiger partial charge in [0.15, 0.2) is 0 Å². The lowest BCUT2D eigenvalue weighted by Gasteiger charge is -2.19. The molecule has 0 aliphatic heterocycles. The summed E-state index contributed by atoms with van der Waals surface area (Å²) < 4.78 is 13.4. The predicted molar refractivity (Wildman–Crippen MR) is 90.8 cm³/mol. The van der Waals surface area contributed by atoms with Crippen LogP contribution in [0, 0.1) is 15.9 Å². The van der Waals surface area contributed by atoms with Crippen molar-refractivity contribution in [1.82, 2.24) is 0 Å². The second-order valence-electron chi connectivity index (χ2n) is 5.31. The van der Waals surface area contributed by atoms with Crippen LogP contribution in [0.3, 0.4) is 0 Å². The van der Waals surface area contributed by atoms with Crippen molar-refractivity contribution in [3.05, 3.63) is 64.0 Å². The van der Waals surface area contributed by atoms with Gasteiger partial charge in [0.2, 0.25) is 5.91 Å². The Morgan fingerprint density at radius 1 is 1.29 bits per heavy atom. The van der Waals surface area contributed by atoms with Gasteiger partial charge in [-0.1, -0.05) is 25.1 Å². The largest absolute Gasteiger partial charge is 0.360 e. The zero-order valence-corrected chi connectivity index (χ0v) is 13.5. The van der Waals surface area contributed by atoms with Crippen molar-refractivity contribution < 1.29 is 14.1 Å². The SMILES string of the molecule is CCc1ccccc1NC(=O)CN(C)c1cc(F)ccc1[N+](=O)[O-]. The van der Waals surface area contributed by atoms with Crippen molar-refractivity contribution in [2.24, 2.45) is 0 Å². The van der Waals surface area contributed by atoms with Crippen LogP contribution in [0.1, 0.15) is 12.5 Å². The van der Waals surface area contributed by atoms with Crippen LogP contribution >= 0.6 is 0 Å². The number of nitrogens with zero attached hydrogens (tertiary/aromatic N) is 2. The first-order valence-corrected chi connectivity index (χ1v) is 7.45. The number of anilines is 2. The summed E-state index contributed by atoms with van der Waals surface area (Å²) in [5, 5.41) is 13.8. The van der Waals surface area contributed by atoms with E-state index in [9.17, 15) is 19.3 Å². The third-order valence-corrected chi connectivity index (χ3v) is 3.60. The van der Waals surface area contributed by atoms with Crippen LogP contribution in [-0.4, -0.2) is 24.4 Å². The Hall–Kier alpha value is -2.96. The molecule has 2 aromatic carbocycles. The number of nitrogens with one attached hydrogen (secondary N) is 1. The number of amides is 1. The maximum Gasteiger partial charge on any atom is 0.292 e. The highest BCUT2D eigenvalue weighted by Crippen LogP contribution is 2.28. The summed E-state index contributed by atoms with van der Waals surface area (Å²) in [4.78, 5) is 24.0. The van der Waals surface area contributed by atoms with Gasteiger partial charge >= 0.3 is 0 Å². The molecule has 0 bridgehead atoms. The number of aryl methyl sites for hydroxylation is 1. The molecule has 0 atom stereocenters. The van der Waals surface area contributed by atoms with Crippen LogP contribution < -0.4 is 10.2 Å². The summed E-state index contributed by atoms with van der Waals surface area (Å²) in [6.45, 7) is 1.84. The van der Waals surface area contributed by atoms with Crippen LogP contribution in [0.4, 0.5) is 21.5 Å². The van der Waals surface area contributed by atoms with Gasteiger partial charge in [0, 0.05) is 24.9 Å². The molecule has 0 aliphatic rings. The predicted octanol–water partition coefficient (Wildman–Crippen LogP) is 3.37. The highest BCUT2D eigenvalue weighted by molar-refractivity contribution is 5.95. The molecule has 2 aromatic rings. The van der Waals surface area contributed by atoms with Crippen LogP contribution in [0.25, 0.3) is 0 Å². The normalized spacial score (nSPS) is 10.3. The van der Waals surface area contributed by atoms with E-state index in [1.54, 1.807) is 6.07 Å². The quantitative estimate of drug-likeness (QED) is 0.650. The zero-order chi connectivity index (χ0) is 17.7. The van der Waals surface area contributed by atoms with E-state index in [1.165, 1.54) is 11.9 Å². The van der Waals surface area contributed by atoms with Gasteiger partial charge in [-0.3, -0.25) is 14.9 Å². The minimum atomic E-state index is -0.602. The standard InChI is InChI=1S/C17H18FN3O3/c1-3-12-6-4-5-7-14(12)19-17(22)11-20(2)16-10-13(18)8-9-15(16)21(23)24/h4-10H,3,11H2,1-2H3,(H,19,22). The number of nitro groups is 1. The number of benzene rings is 2. The number of nitro benzene ring substituents is 1. The fraction of sp³-hybridized carbons (Fsp3) is 0.235. The molecule has 0 fully saturated rings. The van der Waals surface area contributed by atoms with Crippen molar-refractivity contribution >= 4 is 23.0 Å². The second-order valence-corrected chi connectivity index (χ2v) is 5.31. The van der Waals surface area contributed by atoms with Gasteiger partial charge < -0.3 is 10.2 Å². The Morgan fingerprint density at radius 2 is 2.00 bits per heavy atom. The number of likely N-dealkylation sites (N-methyl/N-ethyl adjacent to an activating group) is 1. The van der Waals surface area contributed by atoms with Crippen molar-refractivity contribution in [3.63, 3.8) is 0 Å². The van der Waals surface area contributed by atoms with E-state index in [-0.39, 0.29) is 23.8 Å². The molecule has 0 saturated heterocycles. The molecular weight excluding hydrogens is 313 g/mol. The van der Waals surface area contributed by atoms with Gasteiger partial charge in [0.05, 0.1) is 11.5 Å². The molecule has 1 N–H and O–H groups in total. The van der Waals surface area contributed by atoms with Crippen LogP contribution in [0.5, 0.6) is 0 Å². The summed E-state index contributed by atoms with van der Waals surface area (Å²) in [5.74, 6) is -0.934. The molecule has 6 nitrogen and oxygen atoms in total. The molecule has 0 aliphatic carbocycles. The highest BCUT2D eigenvalue weighted by atomic mass is 19.1. The molecule has 0 heterocycles. The van der Waals surface area contributed by atoms with E-state index in [2.05, 4.69) is 5.32 Å². The van der Waals surface area contributed by atoms with E-state index in [1.807, 2.05) is 25.1 Å². The molecule has 0 aromatic heterocycles. The third-order valence-electron chi connectivity index (χ3n) is 3.60. The fourth-order valence-corrected chi connectivity index (χ4v) is 2.40. The minimum absolute atomic E-state index is 0.0546. The summed E-state index contributed by atoms with van der Waals surface area (Å²) in [5.41, 5.74) is 1.50. The van der Waals surface area contributed by atoms with E-state index in [0.717, 1.165) is 30.2 Å². The fourth-order valence-electron chi connectivity index (χ4n) is 2.40. The molecular formula is C17H18FN3O3. The average molecular weight is 331 g/mol. The molecule has 126 valence electrons. The van der Waals surface area contributed by atoms with Crippen LogP contribution in [0.2, 0.25) is 0 Å². The van der Waals surface area contributed by atoms with E-state index >= 15 is 0 Å². The van der Waals surface area contributed by atoms with E-state index in [4.69, 9.17) is 0 Å². The first kappa shape index (κ1) is 17.4.